The zero-order chi connectivity index (χ0) is 20.2. The Morgan fingerprint density at radius 1 is 0.897 bits per heavy atom. The summed E-state index contributed by atoms with van der Waals surface area (Å²) in [7, 11) is 0. The first-order valence-electron chi connectivity index (χ1n) is 10.3. The minimum absolute atomic E-state index is 0.0242. The van der Waals surface area contributed by atoms with Crippen LogP contribution in [0.3, 0.4) is 0 Å². The number of rotatable bonds is 4. The van der Waals surface area contributed by atoms with Crippen molar-refractivity contribution in [2.45, 2.75) is 25.9 Å². The van der Waals surface area contributed by atoms with E-state index < -0.39 is 0 Å². The lowest BCUT2D eigenvalue weighted by atomic mass is 10.1. The van der Waals surface area contributed by atoms with Gasteiger partial charge in [-0.3, -0.25) is 9.59 Å². The summed E-state index contributed by atoms with van der Waals surface area (Å²) in [4.78, 5) is 31.4. The summed E-state index contributed by atoms with van der Waals surface area (Å²) in [5, 5.41) is 0. The number of ether oxygens (including phenoxy) is 1. The van der Waals surface area contributed by atoms with Crippen molar-refractivity contribution in [1.29, 1.82) is 0 Å². The molecule has 2 amide bonds. The molecular weight excluding hydrogens is 366 g/mol. The molecule has 4 rings (SSSR count). The Morgan fingerprint density at radius 2 is 1.55 bits per heavy atom. The third-order valence-electron chi connectivity index (χ3n) is 5.53. The maximum absolute atomic E-state index is 12.8. The molecule has 0 aliphatic carbocycles. The van der Waals surface area contributed by atoms with E-state index in [2.05, 4.69) is 17.0 Å². The molecule has 0 radical (unpaired) electrons. The molecule has 2 aromatic rings. The minimum Gasteiger partial charge on any atom is -0.487 e. The van der Waals surface area contributed by atoms with Gasteiger partial charge < -0.3 is 19.4 Å². The van der Waals surface area contributed by atoms with Crippen LogP contribution >= 0.6 is 0 Å². The standard InChI is InChI=1S/C23H27N3O3/c1-18-17-26(20-9-5-6-10-21(20)29-18)23(28)12-11-22(27)25-15-13-24(14-16-25)19-7-3-2-4-8-19/h2-10,18H,11-17H2,1H3/t18-/m0/s1. The second-order valence-corrected chi connectivity index (χ2v) is 7.60. The van der Waals surface area contributed by atoms with Gasteiger partial charge in [-0.1, -0.05) is 30.3 Å². The van der Waals surface area contributed by atoms with Crippen LogP contribution in [0.4, 0.5) is 11.4 Å². The highest BCUT2D eigenvalue weighted by Crippen LogP contribution is 2.33. The zero-order valence-corrected chi connectivity index (χ0v) is 16.8. The monoisotopic (exact) mass is 393 g/mol. The van der Waals surface area contributed by atoms with Crippen molar-refractivity contribution in [3.05, 3.63) is 54.6 Å². The SMILES string of the molecule is C[C@H]1CN(C(=O)CCC(=O)N2CCN(c3ccccc3)CC2)c2ccccc2O1. The molecule has 1 saturated heterocycles. The Morgan fingerprint density at radius 3 is 2.31 bits per heavy atom. The molecule has 0 saturated carbocycles. The number of carbonyl (C=O) groups is 2. The molecule has 152 valence electrons. The second-order valence-electron chi connectivity index (χ2n) is 7.60. The van der Waals surface area contributed by atoms with Crippen molar-refractivity contribution in [3.8, 4) is 5.75 Å². The molecule has 0 unspecified atom stereocenters. The molecule has 6 heteroatoms. The summed E-state index contributed by atoms with van der Waals surface area (Å²) < 4.78 is 5.81. The Hall–Kier alpha value is -3.02. The lowest BCUT2D eigenvalue weighted by Crippen LogP contribution is -2.49. The van der Waals surface area contributed by atoms with Gasteiger partial charge in [0, 0.05) is 44.7 Å². The van der Waals surface area contributed by atoms with Crippen molar-refractivity contribution in [3.63, 3.8) is 0 Å². The number of anilines is 2. The number of carbonyl (C=O) groups excluding carboxylic acids is 2. The normalized spacial score (nSPS) is 18.8. The van der Waals surface area contributed by atoms with Gasteiger partial charge in [0.05, 0.1) is 12.2 Å². The summed E-state index contributed by atoms with van der Waals surface area (Å²) in [5.41, 5.74) is 1.98. The van der Waals surface area contributed by atoms with Crippen LogP contribution in [0.25, 0.3) is 0 Å². The Labute approximate surface area is 171 Å². The highest BCUT2D eigenvalue weighted by atomic mass is 16.5. The van der Waals surface area contributed by atoms with E-state index in [0.29, 0.717) is 19.6 Å². The fourth-order valence-electron chi connectivity index (χ4n) is 3.99. The Balaban J connectivity index is 1.30. The lowest BCUT2D eigenvalue weighted by molar-refractivity contribution is -0.133. The van der Waals surface area contributed by atoms with Crippen LogP contribution in [0.1, 0.15) is 19.8 Å². The van der Waals surface area contributed by atoms with Crippen LogP contribution in [0.15, 0.2) is 54.6 Å². The lowest BCUT2D eigenvalue weighted by Gasteiger charge is -2.36. The molecule has 29 heavy (non-hydrogen) atoms. The highest BCUT2D eigenvalue weighted by molar-refractivity contribution is 5.97. The van der Waals surface area contributed by atoms with Crippen molar-refractivity contribution in [2.24, 2.45) is 0 Å². The number of para-hydroxylation sites is 3. The van der Waals surface area contributed by atoms with Crippen LogP contribution < -0.4 is 14.5 Å². The topological polar surface area (TPSA) is 53.1 Å². The molecule has 1 fully saturated rings. The molecular formula is C23H27N3O3. The second kappa shape index (κ2) is 8.55. The summed E-state index contributed by atoms with van der Waals surface area (Å²) >= 11 is 0. The van der Waals surface area contributed by atoms with E-state index in [1.54, 1.807) is 4.90 Å². The number of fused-ring (bicyclic) bond motifs is 1. The van der Waals surface area contributed by atoms with Crippen LogP contribution in [0.2, 0.25) is 0 Å². The number of benzene rings is 2. The van der Waals surface area contributed by atoms with Gasteiger partial charge in [-0.25, -0.2) is 0 Å². The summed E-state index contributed by atoms with van der Waals surface area (Å²) in [6, 6.07) is 17.8. The smallest absolute Gasteiger partial charge is 0.227 e. The Bertz CT molecular complexity index is 863. The average Bonchev–Trinajstić information content (AvgIpc) is 2.77. The zero-order valence-electron chi connectivity index (χ0n) is 16.8. The number of amides is 2. The molecule has 0 bridgehead atoms. The molecule has 2 aliphatic rings. The van der Waals surface area contributed by atoms with Gasteiger partial charge in [0.1, 0.15) is 11.9 Å². The van der Waals surface area contributed by atoms with E-state index in [0.717, 1.165) is 24.5 Å². The summed E-state index contributed by atoms with van der Waals surface area (Å²) in [5.74, 6) is 0.757. The van der Waals surface area contributed by atoms with Crippen molar-refractivity contribution >= 4 is 23.2 Å². The maximum Gasteiger partial charge on any atom is 0.227 e. The van der Waals surface area contributed by atoms with Gasteiger partial charge in [0.2, 0.25) is 11.8 Å². The van der Waals surface area contributed by atoms with E-state index in [-0.39, 0.29) is 30.8 Å². The predicted octanol–water partition coefficient (Wildman–Crippen LogP) is 2.93. The van der Waals surface area contributed by atoms with Gasteiger partial charge in [-0.15, -0.1) is 0 Å². The first-order chi connectivity index (χ1) is 14.1. The number of nitrogens with zero attached hydrogens (tertiary/aromatic N) is 3. The van der Waals surface area contributed by atoms with Gasteiger partial charge in [-0.05, 0) is 31.2 Å². The number of piperazine rings is 1. The molecule has 2 aromatic carbocycles. The van der Waals surface area contributed by atoms with Crippen LogP contribution in [-0.4, -0.2) is 55.5 Å². The van der Waals surface area contributed by atoms with E-state index in [9.17, 15) is 9.59 Å². The molecule has 0 spiro atoms. The van der Waals surface area contributed by atoms with E-state index in [1.165, 1.54) is 5.69 Å². The van der Waals surface area contributed by atoms with Gasteiger partial charge in [-0.2, -0.15) is 0 Å². The van der Waals surface area contributed by atoms with Crippen molar-refractivity contribution < 1.29 is 14.3 Å². The quantitative estimate of drug-likeness (QED) is 0.802. The first kappa shape index (κ1) is 19.3. The van der Waals surface area contributed by atoms with E-state index in [1.807, 2.05) is 54.3 Å². The van der Waals surface area contributed by atoms with Crippen LogP contribution in [0, 0.1) is 0 Å². The predicted molar refractivity (Wildman–Crippen MR) is 113 cm³/mol. The van der Waals surface area contributed by atoms with Crippen LogP contribution in [0.5, 0.6) is 5.75 Å². The fourth-order valence-corrected chi connectivity index (χ4v) is 3.99. The largest absolute Gasteiger partial charge is 0.487 e. The Kier molecular flexibility index (Phi) is 5.69. The number of hydrogen-bond donors (Lipinski definition) is 0. The van der Waals surface area contributed by atoms with E-state index in [4.69, 9.17) is 4.74 Å². The van der Waals surface area contributed by atoms with Gasteiger partial charge in [0.15, 0.2) is 0 Å². The fraction of sp³-hybridized carbons (Fsp3) is 0.391. The first-order valence-corrected chi connectivity index (χ1v) is 10.3. The van der Waals surface area contributed by atoms with E-state index >= 15 is 0 Å². The third-order valence-corrected chi connectivity index (χ3v) is 5.53. The molecule has 0 aromatic heterocycles. The minimum atomic E-state index is -0.0596. The van der Waals surface area contributed by atoms with Crippen molar-refractivity contribution in [2.75, 3.05) is 42.5 Å². The van der Waals surface area contributed by atoms with Crippen molar-refractivity contribution in [1.82, 2.24) is 4.90 Å². The average molecular weight is 393 g/mol. The summed E-state index contributed by atoms with van der Waals surface area (Å²) in [6.45, 7) is 5.49. The van der Waals surface area contributed by atoms with Gasteiger partial charge in [0.25, 0.3) is 0 Å². The molecule has 6 nitrogen and oxygen atoms in total. The van der Waals surface area contributed by atoms with Gasteiger partial charge >= 0.3 is 0 Å². The maximum atomic E-state index is 12.8. The molecule has 1 atom stereocenters. The number of hydrogen-bond acceptors (Lipinski definition) is 4. The third kappa shape index (κ3) is 4.36. The summed E-state index contributed by atoms with van der Waals surface area (Å²) in [6.07, 6.45) is 0.409. The molecule has 0 N–H and O–H groups in total. The molecule has 2 aliphatic heterocycles. The highest BCUT2D eigenvalue weighted by Gasteiger charge is 2.28. The molecule has 2 heterocycles. The van der Waals surface area contributed by atoms with Crippen LogP contribution in [-0.2, 0) is 9.59 Å².